The van der Waals surface area contributed by atoms with E-state index in [1.165, 1.54) is 28.9 Å². The molecule has 0 saturated carbocycles. The smallest absolute Gasteiger partial charge is 0.339 e. The highest BCUT2D eigenvalue weighted by molar-refractivity contribution is 7.89. The quantitative estimate of drug-likeness (QED) is 0.270. The van der Waals surface area contributed by atoms with Crippen molar-refractivity contribution in [3.8, 4) is 16.9 Å². The van der Waals surface area contributed by atoms with Gasteiger partial charge in [0.15, 0.2) is 0 Å². The third-order valence-electron chi connectivity index (χ3n) is 4.96. The second kappa shape index (κ2) is 10.2. The van der Waals surface area contributed by atoms with Gasteiger partial charge in [0.05, 0.1) is 33.5 Å². The monoisotopic (exact) mass is 569 g/mol. The van der Waals surface area contributed by atoms with Crippen LogP contribution in [0.3, 0.4) is 0 Å². The van der Waals surface area contributed by atoms with Crippen molar-refractivity contribution in [3.63, 3.8) is 0 Å². The molecule has 0 aliphatic rings. The Labute approximate surface area is 220 Å². The van der Waals surface area contributed by atoms with E-state index in [9.17, 15) is 18.3 Å². The van der Waals surface area contributed by atoms with Gasteiger partial charge >= 0.3 is 5.97 Å². The number of nitrogens with zero attached hydrogens (tertiary/aromatic N) is 2. The van der Waals surface area contributed by atoms with Crippen LogP contribution < -0.4 is 4.72 Å². The van der Waals surface area contributed by atoms with Crippen LogP contribution in [-0.4, -0.2) is 29.3 Å². The number of carboxylic acid groups (broad SMARTS) is 1. The van der Waals surface area contributed by atoms with E-state index in [2.05, 4.69) is 9.82 Å². The van der Waals surface area contributed by atoms with Crippen LogP contribution in [0.15, 0.2) is 71.6 Å². The van der Waals surface area contributed by atoms with Gasteiger partial charge in [-0.2, -0.15) is 5.10 Å². The zero-order valence-corrected chi connectivity index (χ0v) is 21.4. The van der Waals surface area contributed by atoms with E-state index in [0.717, 1.165) is 0 Å². The molecule has 0 amide bonds. The van der Waals surface area contributed by atoms with Crippen molar-refractivity contribution in [3.05, 3.63) is 98.1 Å². The molecule has 1 heterocycles. The Balaban J connectivity index is 1.86. The first-order valence-electron chi connectivity index (χ1n) is 9.88. The average molecular weight is 571 g/mol. The summed E-state index contributed by atoms with van der Waals surface area (Å²) in [6, 6.07) is 16.8. The van der Waals surface area contributed by atoms with Gasteiger partial charge in [-0.05, 0) is 48.5 Å². The van der Waals surface area contributed by atoms with Crippen molar-refractivity contribution in [2.24, 2.45) is 0 Å². The molecule has 1 aromatic heterocycles. The Bertz CT molecular complexity index is 1540. The Hall–Kier alpha value is -2.59. The molecule has 12 heteroatoms. The van der Waals surface area contributed by atoms with Crippen molar-refractivity contribution in [2.75, 3.05) is 0 Å². The summed E-state index contributed by atoms with van der Waals surface area (Å²) in [5.41, 5.74) is 0.795. The maximum atomic E-state index is 12.8. The number of hydrogen-bond acceptors (Lipinski definition) is 4. The fraction of sp³-hybridized carbons (Fsp3) is 0.0435. The second-order valence-corrected chi connectivity index (χ2v) is 10.8. The van der Waals surface area contributed by atoms with Gasteiger partial charge in [0, 0.05) is 20.6 Å². The third-order valence-corrected chi connectivity index (χ3v) is 7.39. The molecule has 0 unspecified atom stereocenters. The summed E-state index contributed by atoms with van der Waals surface area (Å²) in [6.45, 7) is -0.407. The molecular weight excluding hydrogens is 556 g/mol. The van der Waals surface area contributed by atoms with Gasteiger partial charge in [0.25, 0.3) is 0 Å². The average Bonchev–Trinajstić information content (AvgIpc) is 3.18. The first-order valence-corrected chi connectivity index (χ1v) is 12.9. The summed E-state index contributed by atoms with van der Waals surface area (Å²) < 4.78 is 29.3. The van der Waals surface area contributed by atoms with Gasteiger partial charge in [-0.25, -0.2) is 22.6 Å². The van der Waals surface area contributed by atoms with Crippen LogP contribution in [0.25, 0.3) is 16.9 Å². The van der Waals surface area contributed by atoms with Gasteiger partial charge in [-0.1, -0.05) is 64.6 Å². The minimum absolute atomic E-state index is 0.0286. The van der Waals surface area contributed by atoms with E-state index >= 15 is 0 Å². The number of carboxylic acids is 1. The first-order chi connectivity index (χ1) is 16.6. The Morgan fingerprint density at radius 1 is 0.914 bits per heavy atom. The molecule has 0 radical (unpaired) electrons. The number of benzene rings is 3. The lowest BCUT2D eigenvalue weighted by Gasteiger charge is -2.11. The summed E-state index contributed by atoms with van der Waals surface area (Å²) in [5, 5.41) is 15.8. The highest BCUT2D eigenvalue weighted by Gasteiger charge is 2.27. The fourth-order valence-corrected chi connectivity index (χ4v) is 5.30. The number of hydrogen-bond donors (Lipinski definition) is 2. The number of aromatic carboxylic acids is 1. The Morgan fingerprint density at radius 2 is 1.57 bits per heavy atom. The molecule has 35 heavy (non-hydrogen) atoms. The SMILES string of the molecule is O=C(O)c1c(CNS(=O)(=O)c2cccc(Cl)c2)nn(-c2ccc(Cl)cc2Cl)c1-c1ccc(Cl)cc1. The number of rotatable bonds is 7. The van der Waals surface area contributed by atoms with E-state index in [0.29, 0.717) is 21.3 Å². The van der Waals surface area contributed by atoms with Crippen LogP contribution in [0.4, 0.5) is 0 Å². The minimum atomic E-state index is -4.01. The van der Waals surface area contributed by atoms with Crippen LogP contribution in [0, 0.1) is 0 Å². The highest BCUT2D eigenvalue weighted by atomic mass is 35.5. The molecule has 4 aromatic rings. The van der Waals surface area contributed by atoms with Crippen LogP contribution >= 0.6 is 46.4 Å². The number of halogens is 4. The maximum absolute atomic E-state index is 12.8. The van der Waals surface area contributed by atoms with Crippen LogP contribution in [-0.2, 0) is 16.6 Å². The Morgan fingerprint density at radius 3 is 2.20 bits per heavy atom. The molecule has 4 rings (SSSR count). The topological polar surface area (TPSA) is 101 Å². The molecule has 7 nitrogen and oxygen atoms in total. The van der Waals surface area contributed by atoms with E-state index in [1.54, 1.807) is 42.5 Å². The summed E-state index contributed by atoms with van der Waals surface area (Å²) in [4.78, 5) is 12.3. The van der Waals surface area contributed by atoms with E-state index in [1.807, 2.05) is 0 Å². The van der Waals surface area contributed by atoms with Crippen LogP contribution in [0.2, 0.25) is 20.1 Å². The molecule has 0 fully saturated rings. The minimum Gasteiger partial charge on any atom is -0.478 e. The molecule has 0 bridgehead atoms. The molecule has 0 aliphatic carbocycles. The number of aromatic nitrogens is 2. The standard InChI is InChI=1S/C23H15Cl4N3O4S/c24-14-6-4-13(5-7-14)22-21(23(31)32)19(29-30(22)20-9-8-16(26)11-18(20)27)12-28-35(33,34)17-3-1-2-15(25)10-17/h1-11,28H,12H2,(H,31,32). The molecule has 0 atom stereocenters. The molecule has 2 N–H and O–H groups in total. The predicted molar refractivity (Wildman–Crippen MR) is 136 cm³/mol. The molecule has 3 aromatic carbocycles. The number of nitrogens with one attached hydrogen (secondary N) is 1. The highest BCUT2D eigenvalue weighted by Crippen LogP contribution is 2.34. The summed E-state index contributed by atoms with van der Waals surface area (Å²) in [7, 11) is -4.01. The largest absolute Gasteiger partial charge is 0.478 e. The maximum Gasteiger partial charge on any atom is 0.339 e. The molecule has 0 aliphatic heterocycles. The van der Waals surface area contributed by atoms with Crippen molar-refractivity contribution < 1.29 is 18.3 Å². The lowest BCUT2D eigenvalue weighted by molar-refractivity contribution is 0.0696. The lowest BCUT2D eigenvalue weighted by atomic mass is 10.1. The van der Waals surface area contributed by atoms with Gasteiger partial charge in [-0.3, -0.25) is 0 Å². The number of sulfonamides is 1. The van der Waals surface area contributed by atoms with Crippen molar-refractivity contribution in [1.82, 2.24) is 14.5 Å². The Kier molecular flexibility index (Phi) is 7.42. The zero-order valence-electron chi connectivity index (χ0n) is 17.5. The van der Waals surface area contributed by atoms with E-state index in [4.69, 9.17) is 46.4 Å². The molecule has 180 valence electrons. The second-order valence-electron chi connectivity index (χ2n) is 7.27. The van der Waals surface area contributed by atoms with Crippen LogP contribution in [0.1, 0.15) is 16.1 Å². The van der Waals surface area contributed by atoms with Crippen molar-refractivity contribution in [1.29, 1.82) is 0 Å². The van der Waals surface area contributed by atoms with Crippen molar-refractivity contribution >= 4 is 62.4 Å². The van der Waals surface area contributed by atoms with Gasteiger partial charge in [0.2, 0.25) is 10.0 Å². The fourth-order valence-electron chi connectivity index (χ4n) is 3.39. The predicted octanol–water partition coefficient (Wildman–Crippen LogP) is 6.33. The summed E-state index contributed by atoms with van der Waals surface area (Å²) >= 11 is 24.4. The molecular formula is C23H15Cl4N3O4S. The van der Waals surface area contributed by atoms with Gasteiger partial charge < -0.3 is 5.11 Å². The van der Waals surface area contributed by atoms with E-state index < -0.39 is 22.5 Å². The molecule has 0 spiro atoms. The van der Waals surface area contributed by atoms with Gasteiger partial charge in [0.1, 0.15) is 5.56 Å². The third kappa shape index (κ3) is 5.48. The van der Waals surface area contributed by atoms with Crippen molar-refractivity contribution in [2.45, 2.75) is 11.4 Å². The zero-order chi connectivity index (χ0) is 25.3. The summed E-state index contributed by atoms with van der Waals surface area (Å²) in [6.07, 6.45) is 0. The lowest BCUT2D eigenvalue weighted by Crippen LogP contribution is -2.24. The normalized spacial score (nSPS) is 11.5. The van der Waals surface area contributed by atoms with E-state index in [-0.39, 0.29) is 31.9 Å². The van der Waals surface area contributed by atoms with Crippen LogP contribution in [0.5, 0.6) is 0 Å². The van der Waals surface area contributed by atoms with Gasteiger partial charge in [-0.15, -0.1) is 0 Å². The summed E-state index contributed by atoms with van der Waals surface area (Å²) in [5.74, 6) is -1.30. The molecule has 0 saturated heterocycles. The first kappa shape index (κ1) is 25.5. The number of carbonyl (C=O) groups is 1.